The van der Waals surface area contributed by atoms with Crippen LogP contribution in [0.15, 0.2) is 36.4 Å². The van der Waals surface area contributed by atoms with Crippen molar-refractivity contribution in [2.24, 2.45) is 0 Å². The molecule has 0 spiro atoms. The van der Waals surface area contributed by atoms with E-state index in [2.05, 4.69) is 16.0 Å². The van der Waals surface area contributed by atoms with Crippen molar-refractivity contribution in [1.82, 2.24) is 9.97 Å². The highest BCUT2D eigenvalue weighted by atomic mass is 32.1. The summed E-state index contributed by atoms with van der Waals surface area (Å²) in [5.74, 6) is 0.616. The standard InChI is InChI=1S/C19H19N3O3S/c1-24-17-12(19(23)25-2)9-10-16(21-17)22-11-5-7-14(22)18-20-13-6-3-4-8-15(13)26-18/h3-4,6,8-10,14H,5,7,11H2,1-2H3. The molecule has 3 heterocycles. The molecule has 134 valence electrons. The van der Waals surface area contributed by atoms with E-state index in [-0.39, 0.29) is 11.9 Å². The number of nitrogens with zero attached hydrogens (tertiary/aromatic N) is 3. The number of carbonyl (C=O) groups is 1. The summed E-state index contributed by atoms with van der Waals surface area (Å²) in [5.41, 5.74) is 1.36. The molecule has 4 rings (SSSR count). The topological polar surface area (TPSA) is 64.5 Å². The zero-order valence-corrected chi connectivity index (χ0v) is 15.5. The Bertz CT molecular complexity index is 923. The zero-order chi connectivity index (χ0) is 18.1. The molecule has 1 aliphatic heterocycles. The number of hydrogen-bond acceptors (Lipinski definition) is 7. The molecular weight excluding hydrogens is 350 g/mol. The summed E-state index contributed by atoms with van der Waals surface area (Å²) in [6.45, 7) is 0.897. The lowest BCUT2D eigenvalue weighted by Crippen LogP contribution is -2.24. The van der Waals surface area contributed by atoms with Crippen LogP contribution in [0.1, 0.15) is 34.2 Å². The van der Waals surface area contributed by atoms with Gasteiger partial charge in [-0.3, -0.25) is 0 Å². The number of ether oxygens (including phenoxy) is 2. The third kappa shape index (κ3) is 2.88. The molecule has 0 bridgehead atoms. The van der Waals surface area contributed by atoms with E-state index >= 15 is 0 Å². The van der Waals surface area contributed by atoms with Crippen molar-refractivity contribution in [2.45, 2.75) is 18.9 Å². The van der Waals surface area contributed by atoms with E-state index in [1.54, 1.807) is 17.4 Å². The van der Waals surface area contributed by atoms with Crippen molar-refractivity contribution in [3.8, 4) is 5.88 Å². The van der Waals surface area contributed by atoms with Crippen LogP contribution < -0.4 is 9.64 Å². The van der Waals surface area contributed by atoms with Crippen LogP contribution in [0, 0.1) is 0 Å². The first kappa shape index (κ1) is 16.8. The van der Waals surface area contributed by atoms with Gasteiger partial charge in [0, 0.05) is 6.54 Å². The van der Waals surface area contributed by atoms with Gasteiger partial charge in [-0.25, -0.2) is 9.78 Å². The molecular formula is C19H19N3O3S. The van der Waals surface area contributed by atoms with E-state index in [9.17, 15) is 4.79 Å². The van der Waals surface area contributed by atoms with Gasteiger partial charge in [-0.1, -0.05) is 12.1 Å². The molecule has 0 N–H and O–H groups in total. The third-order valence-corrected chi connectivity index (χ3v) is 5.72. The van der Waals surface area contributed by atoms with Gasteiger partial charge in [-0.15, -0.1) is 11.3 Å². The molecule has 3 aromatic rings. The number of hydrogen-bond donors (Lipinski definition) is 0. The highest BCUT2D eigenvalue weighted by Gasteiger charge is 2.30. The lowest BCUT2D eigenvalue weighted by Gasteiger charge is -2.24. The number of methoxy groups -OCH3 is 2. The second-order valence-electron chi connectivity index (χ2n) is 6.09. The molecule has 0 amide bonds. The Morgan fingerprint density at radius 2 is 2.04 bits per heavy atom. The number of carbonyl (C=O) groups excluding carboxylic acids is 1. The van der Waals surface area contributed by atoms with E-state index in [0.29, 0.717) is 5.56 Å². The Balaban J connectivity index is 1.69. The van der Waals surface area contributed by atoms with Crippen LogP contribution in [-0.4, -0.2) is 36.7 Å². The van der Waals surface area contributed by atoms with Crippen LogP contribution >= 0.6 is 11.3 Å². The van der Waals surface area contributed by atoms with Gasteiger partial charge in [0.1, 0.15) is 16.4 Å². The first-order valence-electron chi connectivity index (χ1n) is 8.46. The number of para-hydroxylation sites is 1. The minimum atomic E-state index is -0.454. The maximum Gasteiger partial charge on any atom is 0.343 e. The van der Waals surface area contributed by atoms with Crippen molar-refractivity contribution in [2.75, 3.05) is 25.7 Å². The van der Waals surface area contributed by atoms with Crippen LogP contribution in [-0.2, 0) is 4.74 Å². The van der Waals surface area contributed by atoms with Gasteiger partial charge in [0.05, 0.1) is 30.5 Å². The van der Waals surface area contributed by atoms with Gasteiger partial charge in [-0.05, 0) is 37.1 Å². The van der Waals surface area contributed by atoms with Gasteiger partial charge in [0.2, 0.25) is 5.88 Å². The van der Waals surface area contributed by atoms with Crippen LogP contribution in [0.4, 0.5) is 5.82 Å². The number of anilines is 1. The van der Waals surface area contributed by atoms with Crippen LogP contribution in [0.25, 0.3) is 10.2 Å². The molecule has 1 atom stereocenters. The van der Waals surface area contributed by atoms with Gasteiger partial charge in [0.15, 0.2) is 0 Å². The molecule has 26 heavy (non-hydrogen) atoms. The average molecular weight is 369 g/mol. The molecule has 1 unspecified atom stereocenters. The summed E-state index contributed by atoms with van der Waals surface area (Å²) < 4.78 is 11.3. The highest BCUT2D eigenvalue weighted by molar-refractivity contribution is 7.18. The molecule has 7 heteroatoms. The van der Waals surface area contributed by atoms with E-state index in [1.165, 1.54) is 18.9 Å². The lowest BCUT2D eigenvalue weighted by atomic mass is 10.2. The summed E-state index contributed by atoms with van der Waals surface area (Å²) in [5, 5.41) is 1.10. The number of rotatable bonds is 4. The molecule has 1 fully saturated rings. The molecule has 2 aromatic heterocycles. The minimum absolute atomic E-state index is 0.189. The summed E-state index contributed by atoms with van der Waals surface area (Å²) in [6, 6.07) is 11.9. The minimum Gasteiger partial charge on any atom is -0.480 e. The van der Waals surface area contributed by atoms with E-state index in [0.717, 1.165) is 35.7 Å². The molecule has 6 nitrogen and oxygen atoms in total. The van der Waals surface area contributed by atoms with E-state index < -0.39 is 5.97 Å². The quantitative estimate of drug-likeness (QED) is 0.651. The van der Waals surface area contributed by atoms with Crippen LogP contribution in [0.5, 0.6) is 5.88 Å². The highest BCUT2D eigenvalue weighted by Crippen LogP contribution is 2.39. The fourth-order valence-corrected chi connectivity index (χ4v) is 4.46. The van der Waals surface area contributed by atoms with Gasteiger partial charge >= 0.3 is 5.97 Å². The maximum absolute atomic E-state index is 11.8. The fraction of sp³-hybridized carbons (Fsp3) is 0.316. The number of esters is 1. The lowest BCUT2D eigenvalue weighted by molar-refractivity contribution is 0.0596. The summed E-state index contributed by atoms with van der Waals surface area (Å²) >= 11 is 1.73. The monoisotopic (exact) mass is 369 g/mol. The third-order valence-electron chi connectivity index (χ3n) is 4.59. The largest absolute Gasteiger partial charge is 0.480 e. The Kier molecular flexibility index (Phi) is 4.46. The molecule has 1 aromatic carbocycles. The second-order valence-corrected chi connectivity index (χ2v) is 7.15. The predicted octanol–water partition coefficient (Wildman–Crippen LogP) is 3.83. The van der Waals surface area contributed by atoms with Crippen molar-refractivity contribution >= 4 is 33.3 Å². The predicted molar refractivity (Wildman–Crippen MR) is 101 cm³/mol. The SMILES string of the molecule is COC(=O)c1ccc(N2CCCC2c2nc3ccccc3s2)nc1OC. The molecule has 1 aliphatic rings. The van der Waals surface area contributed by atoms with Crippen LogP contribution in [0.2, 0.25) is 0 Å². The summed E-state index contributed by atoms with van der Waals surface area (Å²) in [4.78, 5) is 23.5. The first-order valence-corrected chi connectivity index (χ1v) is 9.28. The van der Waals surface area contributed by atoms with E-state index in [4.69, 9.17) is 14.5 Å². The van der Waals surface area contributed by atoms with Crippen molar-refractivity contribution < 1.29 is 14.3 Å². The molecule has 0 aliphatic carbocycles. The Morgan fingerprint density at radius 1 is 1.19 bits per heavy atom. The van der Waals surface area contributed by atoms with Gasteiger partial charge < -0.3 is 14.4 Å². The Hall–Kier alpha value is -2.67. The van der Waals surface area contributed by atoms with Crippen molar-refractivity contribution in [3.63, 3.8) is 0 Å². The Morgan fingerprint density at radius 3 is 2.81 bits per heavy atom. The number of thiazole rings is 1. The summed E-state index contributed by atoms with van der Waals surface area (Å²) in [6.07, 6.45) is 2.10. The van der Waals surface area contributed by atoms with Crippen LogP contribution in [0.3, 0.4) is 0 Å². The summed E-state index contributed by atoms with van der Waals surface area (Å²) in [7, 11) is 2.85. The van der Waals surface area contributed by atoms with Gasteiger partial charge in [-0.2, -0.15) is 4.98 Å². The Labute approximate surface area is 155 Å². The van der Waals surface area contributed by atoms with E-state index in [1.807, 2.05) is 24.3 Å². The molecule has 0 radical (unpaired) electrons. The molecule has 0 saturated carbocycles. The van der Waals surface area contributed by atoms with Gasteiger partial charge in [0.25, 0.3) is 0 Å². The number of benzene rings is 1. The average Bonchev–Trinajstić information content (AvgIpc) is 3.33. The normalized spacial score (nSPS) is 16.8. The number of fused-ring (bicyclic) bond motifs is 1. The molecule has 1 saturated heterocycles. The smallest absolute Gasteiger partial charge is 0.343 e. The first-order chi connectivity index (χ1) is 12.7. The number of pyridine rings is 1. The second kappa shape index (κ2) is 6.92. The van der Waals surface area contributed by atoms with Crippen molar-refractivity contribution in [1.29, 1.82) is 0 Å². The van der Waals surface area contributed by atoms with Crippen molar-refractivity contribution in [3.05, 3.63) is 47.0 Å². The maximum atomic E-state index is 11.8. The number of aromatic nitrogens is 2. The zero-order valence-electron chi connectivity index (χ0n) is 14.6. The fourth-order valence-electron chi connectivity index (χ4n) is 3.34.